The molecule has 3 nitrogen and oxygen atoms in total. The number of halogens is 1. The summed E-state index contributed by atoms with van der Waals surface area (Å²) in [6.45, 7) is 0. The van der Waals surface area contributed by atoms with Crippen LogP contribution in [0.15, 0.2) is 41.6 Å². The van der Waals surface area contributed by atoms with Crippen molar-refractivity contribution in [2.75, 3.05) is 0 Å². The van der Waals surface area contributed by atoms with Crippen LogP contribution in [-0.4, -0.2) is 22.1 Å². The number of benzene rings is 1. The van der Waals surface area contributed by atoms with Crippen LogP contribution >= 0.6 is 22.9 Å². The highest BCUT2D eigenvalue weighted by Gasteiger charge is 2.38. The Morgan fingerprint density at radius 3 is 2.67 bits per heavy atom. The standard InChI is InChI=1S/C13H8ClNO2S/c14-10-11(15-17)13-8(12(10)16)6-9(18-13)7-4-2-1-3-5-7/h1-6,10,17H. The number of fused-ring (bicyclic) bond motifs is 1. The molecule has 2 aromatic rings. The number of oxime groups is 1. The summed E-state index contributed by atoms with van der Waals surface area (Å²) in [6.07, 6.45) is 0. The number of hydrogen-bond acceptors (Lipinski definition) is 4. The molecule has 1 N–H and O–H groups in total. The van der Waals surface area contributed by atoms with Gasteiger partial charge in [0.1, 0.15) is 11.1 Å². The molecule has 0 bridgehead atoms. The second-order valence-electron chi connectivity index (χ2n) is 3.93. The van der Waals surface area contributed by atoms with E-state index in [1.165, 1.54) is 11.3 Å². The third-order valence-corrected chi connectivity index (χ3v) is 4.48. The normalized spacial score (nSPS) is 20.4. The number of ketones is 1. The Balaban J connectivity index is 2.14. The lowest BCUT2D eigenvalue weighted by Gasteiger charge is -1.99. The topological polar surface area (TPSA) is 49.7 Å². The van der Waals surface area contributed by atoms with E-state index in [1.807, 2.05) is 36.4 Å². The van der Waals surface area contributed by atoms with Crippen LogP contribution in [0.5, 0.6) is 0 Å². The highest BCUT2D eigenvalue weighted by atomic mass is 35.5. The van der Waals surface area contributed by atoms with Gasteiger partial charge in [0.25, 0.3) is 0 Å². The number of carbonyl (C=O) groups is 1. The van der Waals surface area contributed by atoms with Crippen LogP contribution in [0.3, 0.4) is 0 Å². The first-order valence-corrected chi connectivity index (χ1v) is 6.57. The van der Waals surface area contributed by atoms with E-state index in [-0.39, 0.29) is 11.5 Å². The highest BCUT2D eigenvalue weighted by molar-refractivity contribution is 7.18. The molecule has 1 aliphatic rings. The Hall–Kier alpha value is -1.65. The molecule has 0 spiro atoms. The molecule has 1 unspecified atom stereocenters. The van der Waals surface area contributed by atoms with E-state index in [4.69, 9.17) is 16.8 Å². The highest BCUT2D eigenvalue weighted by Crippen LogP contribution is 2.38. The fourth-order valence-corrected chi connectivity index (χ4v) is 3.50. The number of hydrogen-bond donors (Lipinski definition) is 1. The van der Waals surface area contributed by atoms with Gasteiger partial charge < -0.3 is 5.21 Å². The van der Waals surface area contributed by atoms with Crippen LogP contribution in [0.25, 0.3) is 10.4 Å². The maximum absolute atomic E-state index is 11.9. The van der Waals surface area contributed by atoms with E-state index < -0.39 is 5.38 Å². The molecule has 0 saturated carbocycles. The van der Waals surface area contributed by atoms with E-state index in [9.17, 15) is 4.79 Å². The van der Waals surface area contributed by atoms with Crippen LogP contribution in [0, 0.1) is 0 Å². The summed E-state index contributed by atoms with van der Waals surface area (Å²) in [6, 6.07) is 11.6. The van der Waals surface area contributed by atoms with Crippen molar-refractivity contribution in [2.45, 2.75) is 5.38 Å². The second kappa shape index (κ2) is 4.23. The molecule has 0 aliphatic heterocycles. The minimum atomic E-state index is -0.860. The molecule has 0 saturated heterocycles. The van der Waals surface area contributed by atoms with Gasteiger partial charge >= 0.3 is 0 Å². The minimum absolute atomic E-state index is 0.196. The van der Waals surface area contributed by atoms with Gasteiger partial charge in [-0.2, -0.15) is 0 Å². The number of alkyl halides is 1. The van der Waals surface area contributed by atoms with Crippen LogP contribution < -0.4 is 0 Å². The van der Waals surface area contributed by atoms with E-state index in [0.717, 1.165) is 10.4 Å². The average molecular weight is 278 g/mol. The summed E-state index contributed by atoms with van der Waals surface area (Å²) in [5.74, 6) is -0.196. The fourth-order valence-electron chi connectivity index (χ4n) is 1.98. The minimum Gasteiger partial charge on any atom is -0.411 e. The predicted molar refractivity (Wildman–Crippen MR) is 72.1 cm³/mol. The SMILES string of the molecule is O=C1c2cc(-c3ccccc3)sc2C(=NO)C1Cl. The Kier molecular flexibility index (Phi) is 2.69. The van der Waals surface area contributed by atoms with Gasteiger partial charge in [0.15, 0.2) is 5.78 Å². The molecule has 18 heavy (non-hydrogen) atoms. The van der Waals surface area contributed by atoms with Gasteiger partial charge in [-0.05, 0) is 11.6 Å². The van der Waals surface area contributed by atoms with Crippen molar-refractivity contribution in [3.8, 4) is 10.4 Å². The van der Waals surface area contributed by atoms with Gasteiger partial charge in [-0.25, -0.2) is 0 Å². The van der Waals surface area contributed by atoms with Gasteiger partial charge in [0, 0.05) is 10.4 Å². The third kappa shape index (κ3) is 1.57. The lowest BCUT2D eigenvalue weighted by molar-refractivity contribution is 0.101. The van der Waals surface area contributed by atoms with Crippen molar-refractivity contribution in [3.63, 3.8) is 0 Å². The van der Waals surface area contributed by atoms with E-state index in [0.29, 0.717) is 10.4 Å². The first-order valence-electron chi connectivity index (χ1n) is 5.32. The number of nitrogens with zero attached hydrogens (tertiary/aromatic N) is 1. The number of thiophene rings is 1. The quantitative estimate of drug-likeness (QED) is 0.493. The van der Waals surface area contributed by atoms with Crippen LogP contribution in [0.2, 0.25) is 0 Å². The molecule has 0 fully saturated rings. The number of carbonyl (C=O) groups excluding carboxylic acids is 1. The molecule has 90 valence electrons. The molecular weight excluding hydrogens is 270 g/mol. The number of rotatable bonds is 1. The molecular formula is C13H8ClNO2S. The Bertz CT molecular complexity index is 648. The van der Waals surface area contributed by atoms with Crippen LogP contribution in [-0.2, 0) is 0 Å². The maximum atomic E-state index is 11.9. The lowest BCUT2D eigenvalue weighted by atomic mass is 10.1. The number of Topliss-reactive ketones (excluding diaryl/α,β-unsaturated/α-hetero) is 1. The van der Waals surface area contributed by atoms with E-state index in [1.54, 1.807) is 0 Å². The Morgan fingerprint density at radius 1 is 1.28 bits per heavy atom. The fraction of sp³-hybridized carbons (Fsp3) is 0.0769. The van der Waals surface area contributed by atoms with Gasteiger partial charge in [-0.15, -0.1) is 22.9 Å². The molecule has 5 heteroatoms. The second-order valence-corrected chi connectivity index (χ2v) is 5.42. The summed E-state index contributed by atoms with van der Waals surface area (Å²) >= 11 is 7.32. The zero-order chi connectivity index (χ0) is 12.7. The van der Waals surface area contributed by atoms with Crippen molar-refractivity contribution in [1.29, 1.82) is 0 Å². The first kappa shape index (κ1) is 11.4. The zero-order valence-corrected chi connectivity index (χ0v) is 10.7. The molecule has 3 rings (SSSR count). The van der Waals surface area contributed by atoms with Crippen LogP contribution in [0.4, 0.5) is 0 Å². The molecule has 0 radical (unpaired) electrons. The van der Waals surface area contributed by atoms with Crippen molar-refractivity contribution in [3.05, 3.63) is 46.8 Å². The van der Waals surface area contributed by atoms with E-state index in [2.05, 4.69) is 5.16 Å². The lowest BCUT2D eigenvalue weighted by Crippen LogP contribution is -2.15. The van der Waals surface area contributed by atoms with Crippen molar-refractivity contribution in [1.82, 2.24) is 0 Å². The van der Waals surface area contributed by atoms with E-state index >= 15 is 0 Å². The van der Waals surface area contributed by atoms with Gasteiger partial charge in [-0.3, -0.25) is 4.79 Å². The van der Waals surface area contributed by atoms with Gasteiger partial charge in [-0.1, -0.05) is 35.5 Å². The Morgan fingerprint density at radius 2 is 2.00 bits per heavy atom. The monoisotopic (exact) mass is 277 g/mol. The van der Waals surface area contributed by atoms with Gasteiger partial charge in [0.05, 0.1) is 4.88 Å². The smallest absolute Gasteiger partial charge is 0.188 e. The largest absolute Gasteiger partial charge is 0.411 e. The van der Waals surface area contributed by atoms with Crippen LogP contribution in [0.1, 0.15) is 15.2 Å². The van der Waals surface area contributed by atoms with Crippen molar-refractivity contribution >= 4 is 34.4 Å². The summed E-state index contributed by atoms with van der Waals surface area (Å²) in [4.78, 5) is 13.5. The summed E-state index contributed by atoms with van der Waals surface area (Å²) in [5.41, 5.74) is 1.84. The molecule has 1 aromatic heterocycles. The molecule has 1 heterocycles. The summed E-state index contributed by atoms with van der Waals surface area (Å²) in [5, 5.41) is 11.2. The van der Waals surface area contributed by atoms with Gasteiger partial charge in [0.2, 0.25) is 0 Å². The average Bonchev–Trinajstić information content (AvgIpc) is 2.92. The first-order chi connectivity index (χ1) is 8.72. The summed E-state index contributed by atoms with van der Waals surface area (Å²) < 4.78 is 0. The predicted octanol–water partition coefficient (Wildman–Crippen LogP) is 3.40. The van der Waals surface area contributed by atoms with Crippen molar-refractivity contribution in [2.24, 2.45) is 5.16 Å². The van der Waals surface area contributed by atoms with Crippen molar-refractivity contribution < 1.29 is 10.0 Å². The maximum Gasteiger partial charge on any atom is 0.188 e. The molecule has 1 atom stereocenters. The summed E-state index contributed by atoms with van der Waals surface area (Å²) in [7, 11) is 0. The molecule has 0 amide bonds. The third-order valence-electron chi connectivity index (χ3n) is 2.87. The molecule has 1 aromatic carbocycles. The molecule has 1 aliphatic carbocycles. The zero-order valence-electron chi connectivity index (χ0n) is 9.13. The Labute approximate surface area is 112 Å².